The van der Waals surface area contributed by atoms with Gasteiger partial charge in [-0.05, 0) is 64.0 Å². The lowest BCUT2D eigenvalue weighted by molar-refractivity contribution is 0.320. The SMILES string of the molecule is CCOc1ccc2c(Cc3cc(OC)c(Br)c(OC)c3)cncc2c1O. The van der Waals surface area contributed by atoms with Crippen molar-refractivity contribution in [2.75, 3.05) is 20.8 Å². The van der Waals surface area contributed by atoms with Crippen LogP contribution in [0.1, 0.15) is 18.1 Å². The number of nitrogens with zero attached hydrogens (tertiary/aromatic N) is 1. The molecule has 0 saturated carbocycles. The third-order valence-corrected chi connectivity index (χ3v) is 4.94. The molecule has 1 aromatic heterocycles. The molecular formula is C20H20BrNO4. The molecule has 0 aliphatic rings. The van der Waals surface area contributed by atoms with Gasteiger partial charge >= 0.3 is 0 Å². The fourth-order valence-electron chi connectivity index (χ4n) is 2.93. The van der Waals surface area contributed by atoms with Gasteiger partial charge in [0.2, 0.25) is 0 Å². The number of benzene rings is 2. The Kier molecular flexibility index (Phi) is 5.52. The first-order valence-electron chi connectivity index (χ1n) is 8.20. The Hall–Kier alpha value is -2.47. The highest BCUT2D eigenvalue weighted by Gasteiger charge is 2.14. The molecule has 0 unspecified atom stereocenters. The van der Waals surface area contributed by atoms with E-state index < -0.39 is 0 Å². The number of phenols is 1. The van der Waals surface area contributed by atoms with Crippen molar-refractivity contribution in [3.8, 4) is 23.0 Å². The molecule has 0 aliphatic carbocycles. The highest BCUT2D eigenvalue weighted by molar-refractivity contribution is 9.10. The summed E-state index contributed by atoms with van der Waals surface area (Å²) in [6, 6.07) is 7.65. The maximum absolute atomic E-state index is 10.5. The minimum atomic E-state index is 0.115. The van der Waals surface area contributed by atoms with Gasteiger partial charge in [-0.15, -0.1) is 0 Å². The molecule has 0 bridgehead atoms. The van der Waals surface area contributed by atoms with Crippen molar-refractivity contribution in [2.45, 2.75) is 13.3 Å². The lowest BCUT2D eigenvalue weighted by atomic mass is 10.00. The predicted octanol–water partition coefficient (Wildman–Crippen LogP) is 4.71. The summed E-state index contributed by atoms with van der Waals surface area (Å²) in [7, 11) is 3.24. The van der Waals surface area contributed by atoms with E-state index in [-0.39, 0.29) is 5.75 Å². The molecule has 0 spiro atoms. The number of rotatable bonds is 6. The lowest BCUT2D eigenvalue weighted by Crippen LogP contribution is -1.97. The number of halogens is 1. The maximum atomic E-state index is 10.5. The fourth-order valence-corrected chi connectivity index (χ4v) is 3.48. The Morgan fingerprint density at radius 2 is 1.69 bits per heavy atom. The number of hydrogen-bond acceptors (Lipinski definition) is 5. The van der Waals surface area contributed by atoms with E-state index in [0.717, 1.165) is 21.0 Å². The maximum Gasteiger partial charge on any atom is 0.167 e. The van der Waals surface area contributed by atoms with Crippen LogP contribution in [0.25, 0.3) is 10.8 Å². The third kappa shape index (κ3) is 3.42. The van der Waals surface area contributed by atoms with Crippen molar-refractivity contribution in [1.82, 2.24) is 4.98 Å². The van der Waals surface area contributed by atoms with Gasteiger partial charge in [0.15, 0.2) is 11.5 Å². The second-order valence-electron chi connectivity index (χ2n) is 5.73. The zero-order valence-corrected chi connectivity index (χ0v) is 16.5. The average molecular weight is 418 g/mol. The molecule has 1 N–H and O–H groups in total. The number of phenolic OH excluding ortho intramolecular Hbond substituents is 1. The van der Waals surface area contributed by atoms with Gasteiger partial charge in [0.25, 0.3) is 0 Å². The van der Waals surface area contributed by atoms with Gasteiger partial charge in [-0.25, -0.2) is 0 Å². The van der Waals surface area contributed by atoms with Crippen molar-refractivity contribution in [3.63, 3.8) is 0 Å². The molecule has 2 aromatic carbocycles. The molecule has 26 heavy (non-hydrogen) atoms. The van der Waals surface area contributed by atoms with E-state index in [1.165, 1.54) is 0 Å². The zero-order chi connectivity index (χ0) is 18.7. The van der Waals surface area contributed by atoms with Crippen LogP contribution in [0.4, 0.5) is 0 Å². The summed E-state index contributed by atoms with van der Waals surface area (Å²) in [6.07, 6.45) is 4.08. The molecule has 0 radical (unpaired) electrons. The number of pyridine rings is 1. The zero-order valence-electron chi connectivity index (χ0n) is 14.9. The monoisotopic (exact) mass is 417 g/mol. The summed E-state index contributed by atoms with van der Waals surface area (Å²) in [5.41, 5.74) is 2.01. The minimum Gasteiger partial charge on any atom is -0.504 e. The van der Waals surface area contributed by atoms with E-state index in [9.17, 15) is 5.11 Å². The van der Waals surface area contributed by atoms with Gasteiger partial charge in [0, 0.05) is 17.8 Å². The van der Waals surface area contributed by atoms with E-state index in [1.807, 2.05) is 31.3 Å². The van der Waals surface area contributed by atoms with Crippen LogP contribution < -0.4 is 14.2 Å². The van der Waals surface area contributed by atoms with Gasteiger partial charge in [-0.1, -0.05) is 6.07 Å². The fraction of sp³-hybridized carbons (Fsp3) is 0.250. The van der Waals surface area contributed by atoms with Crippen LogP contribution in [0.2, 0.25) is 0 Å². The van der Waals surface area contributed by atoms with Crippen LogP contribution in [-0.4, -0.2) is 30.9 Å². The van der Waals surface area contributed by atoms with Gasteiger partial charge < -0.3 is 19.3 Å². The Bertz CT molecular complexity index is 917. The molecule has 136 valence electrons. The van der Waals surface area contributed by atoms with Crippen LogP contribution in [-0.2, 0) is 6.42 Å². The minimum absolute atomic E-state index is 0.115. The van der Waals surface area contributed by atoms with Crippen LogP contribution >= 0.6 is 15.9 Å². The number of hydrogen-bond donors (Lipinski definition) is 1. The van der Waals surface area contributed by atoms with Gasteiger partial charge in [-0.3, -0.25) is 4.98 Å². The summed E-state index contributed by atoms with van der Waals surface area (Å²) in [5, 5.41) is 12.1. The van der Waals surface area contributed by atoms with Crippen molar-refractivity contribution in [2.24, 2.45) is 0 Å². The molecule has 3 aromatic rings. The standard InChI is InChI=1S/C20H20BrNO4/c1-4-26-16-6-5-14-13(10-22-11-15(14)20(16)23)7-12-8-17(24-2)19(21)18(9-12)25-3/h5-6,8-11,23H,4,7H2,1-3H3. The Morgan fingerprint density at radius 3 is 2.31 bits per heavy atom. The topological polar surface area (TPSA) is 60.8 Å². The van der Waals surface area contributed by atoms with E-state index in [0.29, 0.717) is 35.7 Å². The van der Waals surface area contributed by atoms with Crippen LogP contribution in [0.3, 0.4) is 0 Å². The number of methoxy groups -OCH3 is 2. The molecule has 0 fully saturated rings. The van der Waals surface area contributed by atoms with Gasteiger partial charge in [0.05, 0.1) is 20.8 Å². The number of fused-ring (bicyclic) bond motifs is 1. The van der Waals surface area contributed by atoms with Crippen LogP contribution in [0, 0.1) is 0 Å². The van der Waals surface area contributed by atoms with E-state index in [2.05, 4.69) is 20.9 Å². The quantitative estimate of drug-likeness (QED) is 0.629. The molecule has 0 saturated heterocycles. The summed E-state index contributed by atoms with van der Waals surface area (Å²) in [6.45, 7) is 2.37. The third-order valence-electron chi connectivity index (χ3n) is 4.16. The van der Waals surface area contributed by atoms with Crippen molar-refractivity contribution >= 4 is 26.7 Å². The Balaban J connectivity index is 2.06. The molecule has 0 amide bonds. The largest absolute Gasteiger partial charge is 0.504 e. The number of aromatic hydroxyl groups is 1. The summed E-state index contributed by atoms with van der Waals surface area (Å²) in [4.78, 5) is 4.29. The first-order chi connectivity index (χ1) is 12.6. The van der Waals surface area contributed by atoms with E-state index in [1.54, 1.807) is 26.5 Å². The van der Waals surface area contributed by atoms with Crippen LogP contribution in [0.5, 0.6) is 23.0 Å². The van der Waals surface area contributed by atoms with Gasteiger partial charge in [-0.2, -0.15) is 0 Å². The highest BCUT2D eigenvalue weighted by Crippen LogP contribution is 2.38. The van der Waals surface area contributed by atoms with E-state index >= 15 is 0 Å². The highest BCUT2D eigenvalue weighted by atomic mass is 79.9. The number of ether oxygens (including phenoxy) is 3. The second-order valence-corrected chi connectivity index (χ2v) is 6.52. The predicted molar refractivity (Wildman–Crippen MR) is 105 cm³/mol. The molecular weight excluding hydrogens is 398 g/mol. The molecule has 3 rings (SSSR count). The molecule has 6 heteroatoms. The summed E-state index contributed by atoms with van der Waals surface area (Å²) < 4.78 is 17.1. The van der Waals surface area contributed by atoms with Crippen molar-refractivity contribution in [3.05, 3.63) is 52.3 Å². The summed E-state index contributed by atoms with van der Waals surface area (Å²) in [5.74, 6) is 1.98. The molecule has 1 heterocycles. The smallest absolute Gasteiger partial charge is 0.167 e. The lowest BCUT2D eigenvalue weighted by Gasteiger charge is -2.13. The molecule has 5 nitrogen and oxygen atoms in total. The van der Waals surface area contributed by atoms with Crippen LogP contribution in [0.15, 0.2) is 41.1 Å². The van der Waals surface area contributed by atoms with Gasteiger partial charge in [0.1, 0.15) is 16.0 Å². The normalized spacial score (nSPS) is 10.8. The average Bonchev–Trinajstić information content (AvgIpc) is 2.65. The Labute approximate surface area is 160 Å². The van der Waals surface area contributed by atoms with Crippen molar-refractivity contribution in [1.29, 1.82) is 0 Å². The Morgan fingerprint density at radius 1 is 1.00 bits per heavy atom. The molecule has 0 aliphatic heterocycles. The van der Waals surface area contributed by atoms with E-state index in [4.69, 9.17) is 14.2 Å². The number of aromatic nitrogens is 1. The first kappa shape index (κ1) is 18.3. The summed E-state index contributed by atoms with van der Waals surface area (Å²) >= 11 is 3.48. The van der Waals surface area contributed by atoms with Crippen molar-refractivity contribution < 1.29 is 19.3 Å². The molecule has 0 atom stereocenters. The first-order valence-corrected chi connectivity index (χ1v) is 9.00. The second kappa shape index (κ2) is 7.83.